The molecular weight excluding hydrogens is 594 g/mol. The first-order valence-electron chi connectivity index (χ1n) is 14.4. The standard InChI is InChI=1S/C30H34F2N6O5S/c1-18-8-9-19(23(15-27(39)40)20-13-24-28(36(2)35-34-24)25(14-20)43-30(31)32)12-21(18)16-37-17-22-6-3-4-11-38(22)29-26(44(37,41)42)7-5-10-33-29/h5,7-10,12-14,22-23,30,41-42H,3-4,6,11,15-17H2,1-2H3,(H,39,40)/t22-,23?/m1/s1. The van der Waals surface area contributed by atoms with Crippen LogP contribution < -0.4 is 9.64 Å². The van der Waals surface area contributed by atoms with Crippen molar-refractivity contribution in [2.75, 3.05) is 18.0 Å². The highest BCUT2D eigenvalue weighted by molar-refractivity contribution is 8.22. The zero-order chi connectivity index (χ0) is 31.2. The Labute approximate surface area is 254 Å². The van der Waals surface area contributed by atoms with Crippen molar-refractivity contribution in [3.63, 3.8) is 0 Å². The van der Waals surface area contributed by atoms with Crippen LogP contribution in [0.5, 0.6) is 5.75 Å². The summed E-state index contributed by atoms with van der Waals surface area (Å²) in [4.78, 5) is 19.2. The van der Waals surface area contributed by atoms with Gasteiger partial charge >= 0.3 is 12.6 Å². The number of rotatable bonds is 8. The summed E-state index contributed by atoms with van der Waals surface area (Å²) in [6.07, 6.45) is 4.28. The molecule has 0 aliphatic carbocycles. The van der Waals surface area contributed by atoms with E-state index in [-0.39, 0.29) is 30.3 Å². The van der Waals surface area contributed by atoms with Crippen LogP contribution in [0.3, 0.4) is 0 Å². The molecule has 2 aromatic heterocycles. The molecule has 4 heterocycles. The lowest BCUT2D eigenvalue weighted by molar-refractivity contribution is -0.137. The lowest BCUT2D eigenvalue weighted by Crippen LogP contribution is -2.45. The fourth-order valence-electron chi connectivity index (χ4n) is 6.35. The molecule has 4 aromatic rings. The molecule has 44 heavy (non-hydrogen) atoms. The quantitative estimate of drug-likeness (QED) is 0.220. The maximum atomic E-state index is 13.3. The Kier molecular flexibility index (Phi) is 8.18. The van der Waals surface area contributed by atoms with E-state index in [1.807, 2.05) is 25.1 Å². The van der Waals surface area contributed by atoms with Gasteiger partial charge in [-0.1, -0.05) is 23.4 Å². The maximum Gasteiger partial charge on any atom is 0.387 e. The number of aliphatic carboxylic acids is 1. The van der Waals surface area contributed by atoms with E-state index in [0.717, 1.165) is 36.9 Å². The number of carbonyl (C=O) groups is 1. The number of aromatic nitrogens is 4. The molecule has 0 saturated carbocycles. The highest BCUT2D eigenvalue weighted by Gasteiger charge is 2.39. The Bertz CT molecular complexity index is 1700. The Morgan fingerprint density at radius 3 is 2.75 bits per heavy atom. The van der Waals surface area contributed by atoms with E-state index in [9.17, 15) is 27.8 Å². The van der Waals surface area contributed by atoms with Crippen molar-refractivity contribution in [1.82, 2.24) is 24.3 Å². The Morgan fingerprint density at radius 2 is 1.98 bits per heavy atom. The molecule has 1 saturated heterocycles. The molecule has 2 aliphatic rings. The number of alkyl halides is 2. The largest absolute Gasteiger partial charge is 0.481 e. The molecule has 0 bridgehead atoms. The van der Waals surface area contributed by atoms with Gasteiger partial charge in [0, 0.05) is 44.8 Å². The summed E-state index contributed by atoms with van der Waals surface area (Å²) in [5.41, 5.74) is 3.31. The summed E-state index contributed by atoms with van der Waals surface area (Å²) in [6.45, 7) is 0.220. The van der Waals surface area contributed by atoms with Gasteiger partial charge in [0.1, 0.15) is 15.9 Å². The number of hydrogen-bond acceptors (Lipinski definition) is 9. The topological polar surface area (TPSA) is 137 Å². The zero-order valence-corrected chi connectivity index (χ0v) is 25.1. The van der Waals surface area contributed by atoms with Gasteiger partial charge in [-0.3, -0.25) is 13.9 Å². The molecule has 3 N–H and O–H groups in total. The fourth-order valence-corrected chi connectivity index (χ4v) is 8.00. The van der Waals surface area contributed by atoms with Gasteiger partial charge in [0.05, 0.1) is 6.42 Å². The Morgan fingerprint density at radius 1 is 1.16 bits per heavy atom. The van der Waals surface area contributed by atoms with E-state index in [4.69, 9.17) is 4.74 Å². The van der Waals surface area contributed by atoms with Gasteiger partial charge in [-0.05, 0) is 72.7 Å². The SMILES string of the molecule is Cc1ccc(C(CC(=O)O)c2cc(OC(F)F)c3c(c2)nnn3C)cc1CN1C[C@H]2CCCCN2c2ncccc2S1(O)O. The number of ether oxygens (including phenoxy) is 1. The minimum Gasteiger partial charge on any atom is -0.481 e. The second kappa shape index (κ2) is 11.9. The van der Waals surface area contributed by atoms with E-state index in [2.05, 4.69) is 20.2 Å². The first kappa shape index (κ1) is 30.2. The monoisotopic (exact) mass is 628 g/mol. The number of fused-ring (bicyclic) bond motifs is 4. The van der Waals surface area contributed by atoms with Crippen LogP contribution in [0.2, 0.25) is 0 Å². The molecule has 234 valence electrons. The van der Waals surface area contributed by atoms with Crippen LogP contribution in [-0.4, -0.2) is 70.2 Å². The molecule has 0 spiro atoms. The summed E-state index contributed by atoms with van der Waals surface area (Å²) in [6, 6.07) is 12.1. The van der Waals surface area contributed by atoms with Gasteiger partial charge in [0.2, 0.25) is 0 Å². The number of nitrogens with zero attached hydrogens (tertiary/aromatic N) is 6. The van der Waals surface area contributed by atoms with Crippen LogP contribution >= 0.6 is 10.8 Å². The fraction of sp³-hybridized carbons (Fsp3) is 0.400. The van der Waals surface area contributed by atoms with Crippen LogP contribution in [0.25, 0.3) is 11.0 Å². The van der Waals surface area contributed by atoms with Crippen molar-refractivity contribution in [3.05, 3.63) is 70.9 Å². The number of aryl methyl sites for hydroxylation is 2. The highest BCUT2D eigenvalue weighted by Crippen LogP contribution is 2.57. The van der Waals surface area contributed by atoms with Gasteiger partial charge in [-0.25, -0.2) is 9.67 Å². The summed E-state index contributed by atoms with van der Waals surface area (Å²) in [7, 11) is -1.85. The smallest absolute Gasteiger partial charge is 0.387 e. The minimum absolute atomic E-state index is 0.0567. The average Bonchev–Trinajstić information content (AvgIpc) is 3.33. The maximum absolute atomic E-state index is 13.3. The lowest BCUT2D eigenvalue weighted by atomic mass is 9.86. The molecule has 2 aromatic carbocycles. The second-order valence-electron chi connectivity index (χ2n) is 11.3. The summed E-state index contributed by atoms with van der Waals surface area (Å²) < 4.78 is 57.9. The number of piperidine rings is 1. The number of halogens is 2. The van der Waals surface area contributed by atoms with Crippen LogP contribution in [0.1, 0.15) is 53.9 Å². The van der Waals surface area contributed by atoms with E-state index in [1.165, 1.54) is 10.7 Å². The molecule has 14 heteroatoms. The zero-order valence-electron chi connectivity index (χ0n) is 24.3. The predicted octanol–water partition coefficient (Wildman–Crippen LogP) is 5.78. The third-order valence-corrected chi connectivity index (χ3v) is 10.4. The van der Waals surface area contributed by atoms with Gasteiger partial charge in [-0.2, -0.15) is 13.1 Å². The van der Waals surface area contributed by atoms with Crippen molar-refractivity contribution < 1.29 is 32.5 Å². The van der Waals surface area contributed by atoms with E-state index < -0.39 is 29.3 Å². The third kappa shape index (κ3) is 5.70. The summed E-state index contributed by atoms with van der Waals surface area (Å²) >= 11 is 0. The molecule has 2 aliphatic heterocycles. The normalized spacial score (nSPS) is 19.7. The molecule has 0 amide bonds. The number of carboxylic acid groups (broad SMARTS) is 1. The van der Waals surface area contributed by atoms with Crippen molar-refractivity contribution in [1.29, 1.82) is 0 Å². The molecule has 1 fully saturated rings. The summed E-state index contributed by atoms with van der Waals surface area (Å²) in [5, 5.41) is 17.8. The predicted molar refractivity (Wildman–Crippen MR) is 161 cm³/mol. The van der Waals surface area contributed by atoms with Gasteiger partial charge in [0.15, 0.2) is 11.6 Å². The minimum atomic E-state index is -3.41. The average molecular weight is 629 g/mol. The lowest BCUT2D eigenvalue weighted by Gasteiger charge is -2.42. The number of anilines is 1. The molecule has 0 radical (unpaired) electrons. The number of benzene rings is 2. The van der Waals surface area contributed by atoms with E-state index in [1.54, 1.807) is 35.7 Å². The Balaban J connectivity index is 1.40. The van der Waals surface area contributed by atoms with Crippen molar-refractivity contribution in [2.24, 2.45) is 7.05 Å². The summed E-state index contributed by atoms with van der Waals surface area (Å²) in [5.74, 6) is -1.35. The van der Waals surface area contributed by atoms with E-state index in [0.29, 0.717) is 33.9 Å². The number of pyridine rings is 1. The van der Waals surface area contributed by atoms with E-state index >= 15 is 0 Å². The third-order valence-electron chi connectivity index (χ3n) is 8.53. The first-order valence-corrected chi connectivity index (χ1v) is 15.9. The highest BCUT2D eigenvalue weighted by atomic mass is 32.3. The first-order chi connectivity index (χ1) is 21.0. The molecular formula is C30H34F2N6O5S. The molecule has 1 unspecified atom stereocenters. The van der Waals surface area contributed by atoms with Crippen LogP contribution in [0.15, 0.2) is 53.6 Å². The van der Waals surface area contributed by atoms with Crippen molar-refractivity contribution in [3.8, 4) is 5.75 Å². The number of carboxylic acids is 1. The van der Waals surface area contributed by atoms with Gasteiger partial charge < -0.3 is 14.7 Å². The second-order valence-corrected chi connectivity index (χ2v) is 13.3. The molecule has 11 nitrogen and oxygen atoms in total. The van der Waals surface area contributed by atoms with Crippen LogP contribution in [-0.2, 0) is 18.4 Å². The van der Waals surface area contributed by atoms with Gasteiger partial charge in [0.25, 0.3) is 0 Å². The Hall–Kier alpha value is -3.85. The van der Waals surface area contributed by atoms with Crippen molar-refractivity contribution in [2.45, 2.75) is 62.6 Å². The van der Waals surface area contributed by atoms with Crippen LogP contribution in [0, 0.1) is 6.92 Å². The van der Waals surface area contributed by atoms with Crippen LogP contribution in [0.4, 0.5) is 14.6 Å². The van der Waals surface area contributed by atoms with Crippen molar-refractivity contribution >= 4 is 33.6 Å². The molecule has 2 atom stereocenters. The van der Waals surface area contributed by atoms with Gasteiger partial charge in [-0.15, -0.1) is 15.9 Å². The molecule has 6 rings (SSSR count). The number of hydrogen-bond donors (Lipinski definition) is 3.